The van der Waals surface area contributed by atoms with Gasteiger partial charge >= 0.3 is 0 Å². The number of hydrogen-bond donors (Lipinski definition) is 1. The molecule has 0 bridgehead atoms. The number of nitrogen functional groups attached to an aromatic ring is 1. The highest BCUT2D eigenvalue weighted by Gasteiger charge is 2.16. The van der Waals surface area contributed by atoms with Gasteiger partial charge in [-0.3, -0.25) is 4.79 Å². The minimum Gasteiger partial charge on any atom is -0.398 e. The highest BCUT2D eigenvalue weighted by Crippen LogP contribution is 2.26. The van der Waals surface area contributed by atoms with Crippen molar-refractivity contribution in [3.8, 4) is 0 Å². The van der Waals surface area contributed by atoms with Gasteiger partial charge in [0, 0.05) is 26.3 Å². The maximum absolute atomic E-state index is 12.5. The largest absolute Gasteiger partial charge is 0.398 e. The van der Waals surface area contributed by atoms with Crippen LogP contribution in [0.25, 0.3) is 0 Å². The van der Waals surface area contributed by atoms with Gasteiger partial charge in [-0.05, 0) is 55.3 Å². The van der Waals surface area contributed by atoms with Gasteiger partial charge in [-0.2, -0.15) is 0 Å². The molecule has 0 amide bonds. The van der Waals surface area contributed by atoms with Gasteiger partial charge in [0.25, 0.3) is 0 Å². The predicted molar refractivity (Wildman–Crippen MR) is 82.9 cm³/mol. The SMILES string of the molecule is Cc1cc(C(=O)c2ccc(Cl)cc2N)c(C)cc1Br. The molecule has 2 aromatic rings. The molecule has 2 rings (SSSR count). The van der Waals surface area contributed by atoms with Gasteiger partial charge in [-0.15, -0.1) is 0 Å². The van der Waals surface area contributed by atoms with Crippen LogP contribution in [0.15, 0.2) is 34.8 Å². The van der Waals surface area contributed by atoms with E-state index >= 15 is 0 Å². The van der Waals surface area contributed by atoms with Gasteiger partial charge < -0.3 is 5.73 Å². The van der Waals surface area contributed by atoms with Crippen LogP contribution in [0.5, 0.6) is 0 Å². The number of carbonyl (C=O) groups is 1. The van der Waals surface area contributed by atoms with E-state index in [1.54, 1.807) is 18.2 Å². The van der Waals surface area contributed by atoms with Crippen LogP contribution in [0.4, 0.5) is 5.69 Å². The summed E-state index contributed by atoms with van der Waals surface area (Å²) in [5.41, 5.74) is 9.34. The lowest BCUT2D eigenvalue weighted by molar-refractivity contribution is 0.103. The first-order valence-electron chi connectivity index (χ1n) is 5.76. The first kappa shape index (κ1) is 14.1. The number of halogens is 2. The number of rotatable bonds is 2. The molecule has 0 saturated carbocycles. The van der Waals surface area contributed by atoms with Gasteiger partial charge in [0.1, 0.15) is 0 Å². The lowest BCUT2D eigenvalue weighted by atomic mass is 9.96. The van der Waals surface area contributed by atoms with Crippen molar-refractivity contribution in [2.75, 3.05) is 5.73 Å². The maximum atomic E-state index is 12.5. The van der Waals surface area contributed by atoms with Crippen LogP contribution in [0.3, 0.4) is 0 Å². The van der Waals surface area contributed by atoms with Gasteiger partial charge in [-0.1, -0.05) is 27.5 Å². The van der Waals surface area contributed by atoms with Crippen molar-refractivity contribution >= 4 is 39.0 Å². The molecule has 98 valence electrons. The van der Waals surface area contributed by atoms with Crippen molar-refractivity contribution < 1.29 is 4.79 Å². The minimum atomic E-state index is -0.0812. The third-order valence-electron chi connectivity index (χ3n) is 3.01. The lowest BCUT2D eigenvalue weighted by Gasteiger charge is -2.10. The van der Waals surface area contributed by atoms with Gasteiger partial charge in [-0.25, -0.2) is 0 Å². The van der Waals surface area contributed by atoms with Crippen LogP contribution in [-0.2, 0) is 0 Å². The van der Waals surface area contributed by atoms with E-state index in [0.717, 1.165) is 15.6 Å². The molecule has 0 spiro atoms. The molecule has 19 heavy (non-hydrogen) atoms. The molecule has 0 saturated heterocycles. The van der Waals surface area contributed by atoms with Crippen LogP contribution < -0.4 is 5.73 Å². The second kappa shape index (κ2) is 5.35. The van der Waals surface area contributed by atoms with E-state index in [1.165, 1.54) is 0 Å². The highest BCUT2D eigenvalue weighted by atomic mass is 79.9. The number of benzene rings is 2. The Morgan fingerprint density at radius 3 is 2.42 bits per heavy atom. The Hall–Kier alpha value is -1.32. The van der Waals surface area contributed by atoms with Crippen LogP contribution in [-0.4, -0.2) is 5.78 Å². The molecule has 4 heteroatoms. The molecule has 2 nitrogen and oxygen atoms in total. The Morgan fingerprint density at radius 2 is 1.79 bits per heavy atom. The smallest absolute Gasteiger partial charge is 0.195 e. The quantitative estimate of drug-likeness (QED) is 0.645. The van der Waals surface area contributed by atoms with Crippen LogP contribution in [0, 0.1) is 13.8 Å². The molecule has 0 heterocycles. The lowest BCUT2D eigenvalue weighted by Crippen LogP contribution is -2.07. The van der Waals surface area contributed by atoms with Crippen molar-refractivity contribution in [1.29, 1.82) is 0 Å². The monoisotopic (exact) mass is 337 g/mol. The third kappa shape index (κ3) is 2.82. The summed E-state index contributed by atoms with van der Waals surface area (Å²) in [6.45, 7) is 3.86. The normalized spacial score (nSPS) is 10.5. The minimum absolute atomic E-state index is 0.0812. The van der Waals surface area contributed by atoms with Crippen molar-refractivity contribution in [2.24, 2.45) is 0 Å². The van der Waals surface area contributed by atoms with Gasteiger partial charge in [0.15, 0.2) is 5.78 Å². The molecule has 2 N–H and O–H groups in total. The standard InChI is InChI=1S/C15H13BrClNO/c1-8-6-13(16)9(2)5-12(8)15(19)11-4-3-10(17)7-14(11)18/h3-7H,18H2,1-2H3. The van der Waals surface area contributed by atoms with Crippen molar-refractivity contribution in [3.05, 3.63) is 62.1 Å². The second-order valence-corrected chi connectivity index (χ2v) is 5.77. The molecule has 2 aromatic carbocycles. The van der Waals surface area contributed by atoms with Crippen LogP contribution in [0.1, 0.15) is 27.0 Å². The van der Waals surface area contributed by atoms with E-state index < -0.39 is 0 Å². The van der Waals surface area contributed by atoms with E-state index in [1.807, 2.05) is 26.0 Å². The maximum Gasteiger partial charge on any atom is 0.195 e. The summed E-state index contributed by atoms with van der Waals surface area (Å²) in [5, 5.41) is 0.526. The molecule has 0 aliphatic rings. The third-order valence-corrected chi connectivity index (χ3v) is 4.10. The molecule has 0 fully saturated rings. The molecular weight excluding hydrogens is 326 g/mol. The predicted octanol–water partition coefficient (Wildman–Crippen LogP) is 4.53. The van der Waals surface area contributed by atoms with E-state index in [2.05, 4.69) is 15.9 Å². The summed E-state index contributed by atoms with van der Waals surface area (Å²) in [4.78, 5) is 12.5. The summed E-state index contributed by atoms with van der Waals surface area (Å²) < 4.78 is 0.991. The number of ketones is 1. The Kier molecular flexibility index (Phi) is 3.97. The number of aryl methyl sites for hydroxylation is 2. The zero-order valence-electron chi connectivity index (χ0n) is 10.6. The first-order valence-corrected chi connectivity index (χ1v) is 6.93. The Labute approximate surface area is 125 Å². The summed E-state index contributed by atoms with van der Waals surface area (Å²) >= 11 is 9.30. The molecule has 0 aliphatic heterocycles. The Bertz CT molecular complexity index is 667. The zero-order chi connectivity index (χ0) is 14.2. The molecule has 0 aromatic heterocycles. The topological polar surface area (TPSA) is 43.1 Å². The van der Waals surface area contributed by atoms with Crippen molar-refractivity contribution in [2.45, 2.75) is 13.8 Å². The van der Waals surface area contributed by atoms with E-state index in [-0.39, 0.29) is 5.78 Å². The number of carbonyl (C=O) groups excluding carboxylic acids is 1. The number of nitrogens with two attached hydrogens (primary N) is 1. The fourth-order valence-corrected chi connectivity index (χ4v) is 2.55. The summed E-state index contributed by atoms with van der Waals surface area (Å²) in [7, 11) is 0. The van der Waals surface area contributed by atoms with E-state index in [4.69, 9.17) is 17.3 Å². The molecule has 0 atom stereocenters. The molecule has 0 unspecified atom stereocenters. The first-order chi connectivity index (χ1) is 8.90. The fraction of sp³-hybridized carbons (Fsp3) is 0.133. The fourth-order valence-electron chi connectivity index (χ4n) is 1.91. The average Bonchev–Trinajstić information content (AvgIpc) is 2.33. The summed E-state index contributed by atoms with van der Waals surface area (Å²) in [6.07, 6.45) is 0. The molecule has 0 aliphatic carbocycles. The van der Waals surface area contributed by atoms with Crippen molar-refractivity contribution in [1.82, 2.24) is 0 Å². The van der Waals surface area contributed by atoms with Crippen LogP contribution in [0.2, 0.25) is 5.02 Å². The zero-order valence-corrected chi connectivity index (χ0v) is 13.0. The summed E-state index contributed by atoms with van der Waals surface area (Å²) in [6, 6.07) is 8.74. The number of anilines is 1. The van der Waals surface area contributed by atoms with Gasteiger partial charge in [0.2, 0.25) is 0 Å². The average molecular weight is 339 g/mol. The molecular formula is C15H13BrClNO. The molecule has 0 radical (unpaired) electrons. The van der Waals surface area contributed by atoms with E-state index in [9.17, 15) is 4.79 Å². The van der Waals surface area contributed by atoms with Crippen LogP contribution >= 0.6 is 27.5 Å². The Balaban J connectivity index is 2.53. The summed E-state index contributed by atoms with van der Waals surface area (Å²) in [5.74, 6) is -0.0812. The van der Waals surface area contributed by atoms with Gasteiger partial charge in [0.05, 0.1) is 0 Å². The van der Waals surface area contributed by atoms with E-state index in [0.29, 0.717) is 21.8 Å². The highest BCUT2D eigenvalue weighted by molar-refractivity contribution is 9.10. The van der Waals surface area contributed by atoms with Crippen molar-refractivity contribution in [3.63, 3.8) is 0 Å². The Morgan fingerprint density at radius 1 is 1.11 bits per heavy atom. The second-order valence-electron chi connectivity index (χ2n) is 4.48. The number of hydrogen-bond acceptors (Lipinski definition) is 2.